The summed E-state index contributed by atoms with van der Waals surface area (Å²) in [5, 5.41) is 25.6. The number of aliphatic hydroxyl groups is 1. The lowest BCUT2D eigenvalue weighted by Gasteiger charge is -2.33. The van der Waals surface area contributed by atoms with Crippen LogP contribution in [0.3, 0.4) is 0 Å². The van der Waals surface area contributed by atoms with Gasteiger partial charge in [-0.15, -0.1) is 5.10 Å². The molecule has 0 unspecified atom stereocenters. The Hall–Kier alpha value is -1.67. The first kappa shape index (κ1) is 16.8. The predicted octanol–water partition coefficient (Wildman–Crippen LogP) is 1.59. The van der Waals surface area contributed by atoms with Gasteiger partial charge in [0.15, 0.2) is 6.04 Å². The number of nitrogens with zero attached hydrogens (tertiary/aromatic N) is 3. The average molecular weight is 380 g/mol. The van der Waals surface area contributed by atoms with E-state index in [0.717, 1.165) is 36.4 Å². The van der Waals surface area contributed by atoms with Gasteiger partial charge in [0, 0.05) is 23.4 Å². The van der Waals surface area contributed by atoms with E-state index in [1.807, 2.05) is 31.2 Å². The molecule has 132 valence electrons. The first-order chi connectivity index (χ1) is 12.0. The molecule has 25 heavy (non-hydrogen) atoms. The molecule has 1 fully saturated rings. The van der Waals surface area contributed by atoms with Gasteiger partial charge in [-0.05, 0) is 19.1 Å². The topological polar surface area (TPSA) is 75.1 Å². The minimum absolute atomic E-state index is 0.0555. The van der Waals surface area contributed by atoms with E-state index in [-0.39, 0.29) is 18.0 Å². The predicted molar refractivity (Wildman–Crippen MR) is 96.5 cm³/mol. The number of piperidine rings is 1. The molecule has 3 N–H and O–H groups in total. The molecule has 0 spiro atoms. The van der Waals surface area contributed by atoms with Crippen molar-refractivity contribution in [3.8, 4) is 5.88 Å². The summed E-state index contributed by atoms with van der Waals surface area (Å²) in [7, 11) is 0. The van der Waals surface area contributed by atoms with Crippen LogP contribution in [0, 0.1) is 6.92 Å². The van der Waals surface area contributed by atoms with Crippen LogP contribution in [0.15, 0.2) is 24.3 Å². The molecule has 6 nitrogen and oxygen atoms in total. The number of fused-ring (bicyclic) bond motifs is 1. The van der Waals surface area contributed by atoms with Gasteiger partial charge >= 0.3 is 0 Å². The molecule has 1 atom stereocenters. The Labute approximate surface area is 154 Å². The van der Waals surface area contributed by atoms with Gasteiger partial charge in [0.1, 0.15) is 10.7 Å². The van der Waals surface area contributed by atoms with E-state index in [2.05, 4.69) is 10.1 Å². The standard InChI is InChI=1S/C17H19ClN4O2S/c1-10-19-17-22(20-10)16(24)15(25-17)14(11-3-2-4-12(18)9-11)21-7-5-13(23)6-8-21/h2-4,9,13-14,23-24H,5-8H2,1H3/p+1/t14-/m0/s1. The molecule has 0 amide bonds. The molecule has 0 saturated carbocycles. The fourth-order valence-electron chi connectivity index (χ4n) is 3.56. The molecule has 3 aromatic rings. The number of likely N-dealkylation sites (tertiary alicyclic amines) is 1. The molecule has 0 aliphatic carbocycles. The number of aryl methyl sites for hydroxylation is 1. The highest BCUT2D eigenvalue weighted by Gasteiger charge is 2.35. The van der Waals surface area contributed by atoms with E-state index in [0.29, 0.717) is 15.8 Å². The SMILES string of the molecule is Cc1nc2sc([C@H](c3cccc(Cl)c3)[NH+]3CCC(O)CC3)c(O)n2n1. The highest BCUT2D eigenvalue weighted by Crippen LogP contribution is 2.35. The largest absolute Gasteiger partial charge is 0.492 e. The fraction of sp³-hybridized carbons (Fsp3) is 0.412. The zero-order valence-corrected chi connectivity index (χ0v) is 15.4. The summed E-state index contributed by atoms with van der Waals surface area (Å²) in [5.41, 5.74) is 1.05. The highest BCUT2D eigenvalue weighted by atomic mass is 35.5. The summed E-state index contributed by atoms with van der Waals surface area (Å²) in [6.07, 6.45) is 1.28. The maximum atomic E-state index is 10.8. The maximum absolute atomic E-state index is 10.8. The lowest BCUT2D eigenvalue weighted by Crippen LogP contribution is -3.13. The normalized spacial score (nSPS) is 22.4. The molecule has 3 heterocycles. The molecule has 8 heteroatoms. The van der Waals surface area contributed by atoms with Gasteiger partial charge in [-0.3, -0.25) is 0 Å². The summed E-state index contributed by atoms with van der Waals surface area (Å²) < 4.78 is 1.51. The summed E-state index contributed by atoms with van der Waals surface area (Å²) in [6, 6.07) is 7.71. The van der Waals surface area contributed by atoms with Crippen molar-refractivity contribution >= 4 is 27.9 Å². The molecule has 1 aliphatic rings. The second-order valence-electron chi connectivity index (χ2n) is 6.52. The smallest absolute Gasteiger partial charge is 0.235 e. The third kappa shape index (κ3) is 3.13. The van der Waals surface area contributed by atoms with Crippen LogP contribution in [0.5, 0.6) is 5.88 Å². The third-order valence-corrected chi connectivity index (χ3v) is 6.08. The molecule has 0 bridgehead atoms. The van der Waals surface area contributed by atoms with Crippen LogP contribution in [0.25, 0.3) is 4.96 Å². The van der Waals surface area contributed by atoms with Gasteiger partial charge in [-0.25, -0.2) is 4.98 Å². The van der Waals surface area contributed by atoms with Gasteiger partial charge in [0.2, 0.25) is 10.8 Å². The van der Waals surface area contributed by atoms with E-state index in [1.54, 1.807) is 0 Å². The molecular formula is C17H20ClN4O2S+. The van der Waals surface area contributed by atoms with Crippen molar-refractivity contribution in [2.75, 3.05) is 13.1 Å². The lowest BCUT2D eigenvalue weighted by atomic mass is 9.99. The summed E-state index contributed by atoms with van der Waals surface area (Å²) in [5.74, 6) is 0.782. The van der Waals surface area contributed by atoms with Crippen LogP contribution in [0.1, 0.15) is 35.1 Å². The minimum atomic E-state index is -0.234. The van der Waals surface area contributed by atoms with Gasteiger partial charge in [-0.2, -0.15) is 4.52 Å². The van der Waals surface area contributed by atoms with Crippen molar-refractivity contribution in [2.45, 2.75) is 31.9 Å². The number of rotatable bonds is 3. The van der Waals surface area contributed by atoms with E-state index in [9.17, 15) is 10.2 Å². The Morgan fingerprint density at radius 1 is 1.36 bits per heavy atom. The Morgan fingerprint density at radius 2 is 2.12 bits per heavy atom. The van der Waals surface area contributed by atoms with Gasteiger partial charge in [0.25, 0.3) is 0 Å². The summed E-state index contributed by atoms with van der Waals surface area (Å²) >= 11 is 7.68. The molecular weight excluding hydrogens is 360 g/mol. The van der Waals surface area contributed by atoms with Gasteiger partial charge in [-0.1, -0.05) is 35.1 Å². The molecule has 4 rings (SSSR count). The zero-order valence-electron chi connectivity index (χ0n) is 13.8. The number of aromatic hydroxyl groups is 1. The van der Waals surface area contributed by atoms with Crippen LogP contribution >= 0.6 is 22.9 Å². The first-order valence-electron chi connectivity index (χ1n) is 8.36. The number of hydrogen-bond donors (Lipinski definition) is 3. The number of aliphatic hydroxyl groups excluding tert-OH is 1. The second-order valence-corrected chi connectivity index (χ2v) is 7.97. The number of quaternary nitrogens is 1. The zero-order chi connectivity index (χ0) is 17.6. The molecule has 1 aliphatic heterocycles. The quantitative estimate of drug-likeness (QED) is 0.646. The number of hydrogen-bond acceptors (Lipinski definition) is 5. The van der Waals surface area contributed by atoms with Crippen molar-refractivity contribution in [3.05, 3.63) is 45.6 Å². The van der Waals surface area contributed by atoms with Gasteiger partial charge < -0.3 is 15.1 Å². The Bertz CT molecular complexity index is 901. The third-order valence-electron chi connectivity index (χ3n) is 4.76. The first-order valence-corrected chi connectivity index (χ1v) is 9.55. The monoisotopic (exact) mass is 379 g/mol. The van der Waals surface area contributed by atoms with E-state index < -0.39 is 0 Å². The number of aromatic nitrogens is 3. The summed E-state index contributed by atoms with van der Waals surface area (Å²) in [4.78, 5) is 7.21. The summed E-state index contributed by atoms with van der Waals surface area (Å²) in [6.45, 7) is 3.49. The number of halogens is 1. The van der Waals surface area contributed by atoms with Crippen LogP contribution in [-0.2, 0) is 0 Å². The van der Waals surface area contributed by atoms with Crippen molar-refractivity contribution in [1.29, 1.82) is 0 Å². The van der Waals surface area contributed by atoms with Crippen molar-refractivity contribution in [3.63, 3.8) is 0 Å². The number of thiazole rings is 1. The van der Waals surface area contributed by atoms with Crippen molar-refractivity contribution < 1.29 is 15.1 Å². The second kappa shape index (κ2) is 6.57. The lowest BCUT2D eigenvalue weighted by molar-refractivity contribution is -0.931. The van der Waals surface area contributed by atoms with Gasteiger partial charge in [0.05, 0.1) is 19.2 Å². The fourth-order valence-corrected chi connectivity index (χ4v) is 4.94. The van der Waals surface area contributed by atoms with Crippen LogP contribution in [0.2, 0.25) is 5.02 Å². The van der Waals surface area contributed by atoms with Crippen LogP contribution < -0.4 is 4.90 Å². The highest BCUT2D eigenvalue weighted by molar-refractivity contribution is 7.17. The minimum Gasteiger partial charge on any atom is -0.492 e. The van der Waals surface area contributed by atoms with Crippen LogP contribution in [-0.4, -0.2) is 44.0 Å². The van der Waals surface area contributed by atoms with E-state index in [4.69, 9.17) is 11.6 Å². The number of benzene rings is 1. The van der Waals surface area contributed by atoms with E-state index >= 15 is 0 Å². The Kier molecular flexibility index (Phi) is 4.41. The Balaban J connectivity index is 1.81. The molecule has 2 aromatic heterocycles. The van der Waals surface area contributed by atoms with E-state index in [1.165, 1.54) is 20.8 Å². The Morgan fingerprint density at radius 3 is 2.80 bits per heavy atom. The maximum Gasteiger partial charge on any atom is 0.235 e. The average Bonchev–Trinajstić information content (AvgIpc) is 3.08. The van der Waals surface area contributed by atoms with Crippen molar-refractivity contribution in [1.82, 2.24) is 14.6 Å². The van der Waals surface area contributed by atoms with Crippen LogP contribution in [0.4, 0.5) is 0 Å². The molecule has 1 aromatic carbocycles. The molecule has 0 radical (unpaired) electrons. The molecule has 1 saturated heterocycles. The number of nitrogens with one attached hydrogen (secondary N) is 1. The van der Waals surface area contributed by atoms with Crippen molar-refractivity contribution in [2.24, 2.45) is 0 Å².